The Balaban J connectivity index is 2.00. The molecule has 0 saturated heterocycles. The molecule has 3 rings (SSSR count). The first-order chi connectivity index (χ1) is 15.9. The molecule has 0 aromatic heterocycles. The quantitative estimate of drug-likeness (QED) is 0.244. The Morgan fingerprint density at radius 3 is 2.36 bits per heavy atom. The molecule has 3 atom stereocenters. The number of amides is 1. The summed E-state index contributed by atoms with van der Waals surface area (Å²) in [6.07, 6.45) is 2.11. The second-order valence-electron chi connectivity index (χ2n) is 7.74. The molecule has 3 aromatic carbocycles. The van der Waals surface area contributed by atoms with E-state index in [1.54, 1.807) is 30.3 Å². The summed E-state index contributed by atoms with van der Waals surface area (Å²) < 4.78 is 0. The minimum atomic E-state index is -1.07. The molecule has 0 heterocycles. The lowest BCUT2D eigenvalue weighted by Gasteiger charge is -2.32. The zero-order valence-corrected chi connectivity index (χ0v) is 20.1. The summed E-state index contributed by atoms with van der Waals surface area (Å²) in [5, 5.41) is 15.3. The Morgan fingerprint density at radius 2 is 1.73 bits per heavy atom. The molecule has 33 heavy (non-hydrogen) atoms. The Hall–Kier alpha value is -2.52. The van der Waals surface area contributed by atoms with Crippen LogP contribution in [0.4, 0.5) is 5.69 Å². The maximum absolute atomic E-state index is 13.6. The van der Waals surface area contributed by atoms with Gasteiger partial charge in [0.05, 0.1) is 5.37 Å². The summed E-state index contributed by atoms with van der Waals surface area (Å²) >= 11 is 5.71. The van der Waals surface area contributed by atoms with Crippen molar-refractivity contribution in [1.82, 2.24) is 5.32 Å². The van der Waals surface area contributed by atoms with E-state index in [0.717, 1.165) is 10.8 Å². The molecule has 8 heteroatoms. The van der Waals surface area contributed by atoms with Crippen LogP contribution in [0.2, 0.25) is 0 Å². The van der Waals surface area contributed by atoms with Crippen LogP contribution in [0.25, 0.3) is 10.8 Å². The van der Waals surface area contributed by atoms with Crippen molar-refractivity contribution in [2.24, 2.45) is 5.73 Å². The number of rotatable bonds is 11. The van der Waals surface area contributed by atoms with Crippen molar-refractivity contribution < 1.29 is 14.7 Å². The third kappa shape index (κ3) is 6.51. The molecule has 1 unspecified atom stereocenters. The third-order valence-electron chi connectivity index (χ3n) is 5.41. The number of fused-ring (bicyclic) bond motifs is 1. The summed E-state index contributed by atoms with van der Waals surface area (Å²) in [7, 11) is 0. The molecule has 0 bridgehead atoms. The highest BCUT2D eigenvalue weighted by Gasteiger charge is 2.34. The van der Waals surface area contributed by atoms with Gasteiger partial charge in [0.15, 0.2) is 0 Å². The van der Waals surface area contributed by atoms with Crippen molar-refractivity contribution in [2.45, 2.75) is 23.9 Å². The summed E-state index contributed by atoms with van der Waals surface area (Å²) in [5.74, 6) is -0.899. The highest BCUT2D eigenvalue weighted by Crippen LogP contribution is 2.28. The van der Waals surface area contributed by atoms with Gasteiger partial charge >= 0.3 is 5.97 Å². The van der Waals surface area contributed by atoms with Gasteiger partial charge in [0.25, 0.3) is 5.91 Å². The van der Waals surface area contributed by atoms with Crippen molar-refractivity contribution in [3.8, 4) is 0 Å². The molecule has 0 saturated carbocycles. The van der Waals surface area contributed by atoms with Gasteiger partial charge in [-0.25, -0.2) is 4.79 Å². The van der Waals surface area contributed by atoms with E-state index in [-0.39, 0.29) is 23.7 Å². The first-order valence-corrected chi connectivity index (χ1v) is 12.6. The van der Waals surface area contributed by atoms with Crippen LogP contribution in [-0.2, 0) is 4.79 Å². The lowest BCUT2D eigenvalue weighted by atomic mass is 10.0. The SMILES string of the molecule is CS[C@@H](CC(C(=O)O)N(C(=O)c1ccccc1)c1ccc2ccccc2c1)NC[C@@H](N)CS. The molecule has 0 spiro atoms. The number of aliphatic carboxylic acids is 1. The first-order valence-electron chi connectivity index (χ1n) is 10.7. The molecule has 0 fully saturated rings. The fourth-order valence-corrected chi connectivity index (χ4v) is 4.38. The lowest BCUT2D eigenvalue weighted by Crippen LogP contribution is -2.49. The van der Waals surface area contributed by atoms with Gasteiger partial charge in [-0.05, 0) is 41.3 Å². The average Bonchev–Trinajstić information content (AvgIpc) is 2.85. The number of benzene rings is 3. The Bertz CT molecular complexity index is 1080. The van der Waals surface area contributed by atoms with E-state index in [4.69, 9.17) is 5.73 Å². The minimum Gasteiger partial charge on any atom is -0.480 e. The number of carboxylic acids is 1. The fraction of sp³-hybridized carbons (Fsp3) is 0.280. The standard InChI is InChI=1S/C25H29N3O3S2/c1-33-23(27-15-20(26)16-32)14-22(25(30)31)28(24(29)18-8-3-2-4-9-18)21-12-11-17-7-5-6-10-19(17)13-21/h2-13,20,22-23,27,32H,14-16,26H2,1H3,(H,30,31)/t20-,22?,23+/m1/s1. The van der Waals surface area contributed by atoms with Crippen LogP contribution < -0.4 is 16.0 Å². The number of nitrogens with two attached hydrogens (primary N) is 1. The van der Waals surface area contributed by atoms with Gasteiger partial charge in [-0.1, -0.05) is 48.5 Å². The van der Waals surface area contributed by atoms with E-state index >= 15 is 0 Å². The molecule has 174 valence electrons. The monoisotopic (exact) mass is 483 g/mol. The van der Waals surface area contributed by atoms with E-state index in [1.165, 1.54) is 16.7 Å². The maximum atomic E-state index is 13.6. The van der Waals surface area contributed by atoms with Crippen LogP contribution in [0, 0.1) is 0 Å². The molecular formula is C25H29N3O3S2. The Labute approximate surface area is 203 Å². The number of anilines is 1. The largest absolute Gasteiger partial charge is 0.480 e. The summed E-state index contributed by atoms with van der Waals surface area (Å²) in [5.41, 5.74) is 6.94. The molecule has 0 radical (unpaired) electrons. The molecule has 6 nitrogen and oxygen atoms in total. The Kier molecular flexibility index (Phi) is 9.20. The maximum Gasteiger partial charge on any atom is 0.326 e. The second-order valence-corrected chi connectivity index (χ2v) is 9.14. The van der Waals surface area contributed by atoms with E-state index in [0.29, 0.717) is 23.5 Å². The number of carbonyl (C=O) groups is 2. The number of thiol groups is 1. The van der Waals surface area contributed by atoms with E-state index in [9.17, 15) is 14.7 Å². The van der Waals surface area contributed by atoms with Crippen LogP contribution in [0.15, 0.2) is 72.8 Å². The van der Waals surface area contributed by atoms with Crippen molar-refractivity contribution in [3.05, 3.63) is 78.4 Å². The molecule has 4 N–H and O–H groups in total. The highest BCUT2D eigenvalue weighted by atomic mass is 32.2. The van der Waals surface area contributed by atoms with E-state index in [1.807, 2.05) is 48.7 Å². The van der Waals surface area contributed by atoms with Crippen LogP contribution in [0.1, 0.15) is 16.8 Å². The van der Waals surface area contributed by atoms with Gasteiger partial charge in [0.2, 0.25) is 0 Å². The number of hydrogen-bond donors (Lipinski definition) is 4. The molecule has 0 aliphatic heterocycles. The van der Waals surface area contributed by atoms with Crippen LogP contribution >= 0.6 is 24.4 Å². The normalized spacial score (nSPS) is 13.9. The molecule has 0 aliphatic carbocycles. The summed E-state index contributed by atoms with van der Waals surface area (Å²) in [6.45, 7) is 0.504. The van der Waals surface area contributed by atoms with Gasteiger partial charge in [0, 0.05) is 36.0 Å². The summed E-state index contributed by atoms with van der Waals surface area (Å²) in [6, 6.07) is 20.9. The number of nitrogens with one attached hydrogen (secondary N) is 1. The number of thioether (sulfide) groups is 1. The molecule has 0 aliphatic rings. The van der Waals surface area contributed by atoms with Crippen molar-refractivity contribution in [1.29, 1.82) is 0 Å². The minimum absolute atomic E-state index is 0.145. The van der Waals surface area contributed by atoms with Gasteiger partial charge in [0.1, 0.15) is 6.04 Å². The zero-order valence-electron chi connectivity index (χ0n) is 18.4. The van der Waals surface area contributed by atoms with Crippen molar-refractivity contribution >= 4 is 52.7 Å². The van der Waals surface area contributed by atoms with Crippen LogP contribution in [0.3, 0.4) is 0 Å². The van der Waals surface area contributed by atoms with Crippen LogP contribution in [0.5, 0.6) is 0 Å². The predicted molar refractivity (Wildman–Crippen MR) is 140 cm³/mol. The van der Waals surface area contributed by atoms with E-state index < -0.39 is 12.0 Å². The molecule has 1 amide bonds. The summed E-state index contributed by atoms with van der Waals surface area (Å²) in [4.78, 5) is 27.5. The molecule has 3 aromatic rings. The lowest BCUT2D eigenvalue weighted by molar-refractivity contribution is -0.138. The first kappa shape index (κ1) is 25.1. The Morgan fingerprint density at radius 1 is 1.06 bits per heavy atom. The van der Waals surface area contributed by atoms with Crippen LogP contribution in [-0.4, -0.2) is 53.0 Å². The fourth-order valence-electron chi connectivity index (χ4n) is 3.61. The number of carboxylic acid groups (broad SMARTS) is 1. The van der Waals surface area contributed by atoms with Gasteiger partial charge < -0.3 is 16.2 Å². The second kappa shape index (κ2) is 12.1. The predicted octanol–water partition coefficient (Wildman–Crippen LogP) is 3.87. The third-order valence-corrected chi connectivity index (χ3v) is 6.81. The molecular weight excluding hydrogens is 454 g/mol. The van der Waals surface area contributed by atoms with Crippen molar-refractivity contribution in [2.75, 3.05) is 23.5 Å². The number of hydrogen-bond acceptors (Lipinski definition) is 6. The number of carbonyl (C=O) groups excluding carboxylic acids is 1. The average molecular weight is 484 g/mol. The number of nitrogens with zero attached hydrogens (tertiary/aromatic N) is 1. The highest BCUT2D eigenvalue weighted by molar-refractivity contribution is 7.99. The topological polar surface area (TPSA) is 95.7 Å². The van der Waals surface area contributed by atoms with Gasteiger partial charge in [-0.15, -0.1) is 11.8 Å². The van der Waals surface area contributed by atoms with E-state index in [2.05, 4.69) is 17.9 Å². The van der Waals surface area contributed by atoms with Crippen molar-refractivity contribution in [3.63, 3.8) is 0 Å². The zero-order chi connectivity index (χ0) is 23.8. The van der Waals surface area contributed by atoms with Gasteiger partial charge in [-0.3, -0.25) is 9.69 Å². The smallest absolute Gasteiger partial charge is 0.326 e. The van der Waals surface area contributed by atoms with Gasteiger partial charge in [-0.2, -0.15) is 12.6 Å².